The number of rotatable bonds is 14. The summed E-state index contributed by atoms with van der Waals surface area (Å²) in [6, 6.07) is 15.8. The first-order chi connectivity index (χ1) is 37.9. The Labute approximate surface area is 457 Å². The molecular weight excluding hydrogens is 987 g/mol. The number of hydrogen-bond acceptors (Lipinski definition) is 13. The van der Waals surface area contributed by atoms with E-state index in [1.165, 1.54) is 32.1 Å². The Hall–Kier alpha value is -6.06. The number of imide groups is 1. The number of anilines is 1. The number of phenols is 1. The highest BCUT2D eigenvalue weighted by molar-refractivity contribution is 6.13. The van der Waals surface area contributed by atoms with Gasteiger partial charge in [0.15, 0.2) is 17.7 Å². The third-order valence-electron chi connectivity index (χ3n) is 21.0. The van der Waals surface area contributed by atoms with Gasteiger partial charge in [-0.1, -0.05) is 75.4 Å². The third-order valence-corrected chi connectivity index (χ3v) is 21.0. The van der Waals surface area contributed by atoms with E-state index in [1.54, 1.807) is 24.1 Å². The molecule has 13 rings (SSSR count). The molecule has 412 valence electrons. The number of benzene rings is 4. The maximum Gasteiger partial charge on any atom is 0.254 e. The van der Waals surface area contributed by atoms with Crippen LogP contribution in [0, 0.1) is 28.6 Å². The molecule has 14 nitrogen and oxygen atoms in total. The zero-order valence-electron chi connectivity index (χ0n) is 45.3. The molecule has 0 aromatic heterocycles. The summed E-state index contributed by atoms with van der Waals surface area (Å²) in [5, 5.41) is 55.0. The zero-order valence-corrected chi connectivity index (χ0v) is 45.3. The van der Waals surface area contributed by atoms with E-state index in [-0.39, 0.29) is 78.3 Å². The standard InChI is InChI=1S/C64H75N3O11/c1-4-65-36-78-48-31-46(74-2)40-15-16-41-53-45(66-60(73)56(48)55(40)53)30-47-54(41)57(71)42(34-77-47)38-28-49(75-3)58(72)50(29-38)76-33-39(32-68)64-27-26-62(23-9-10-24-62)59(44(64)17-14-37-12-5-6-13-43(37)64)63(67-51(69)18-19-52(67)70)25-11-22-61(35-63)20-7-8-21-61/h5-6,12-14,17-19,28-31,39,42,44,57,59-60,65-66,68,71-73H,4,7-11,15-16,20-27,32-36H2,1-3H3. The van der Waals surface area contributed by atoms with Gasteiger partial charge in [0.2, 0.25) is 5.75 Å². The Morgan fingerprint density at radius 3 is 2.28 bits per heavy atom. The number of amides is 2. The minimum atomic E-state index is -1.06. The average Bonchev–Trinajstić information content (AvgIpc) is 3.18. The predicted molar refractivity (Wildman–Crippen MR) is 295 cm³/mol. The van der Waals surface area contributed by atoms with Crippen LogP contribution in [-0.4, -0.2) is 90.0 Å². The van der Waals surface area contributed by atoms with E-state index >= 15 is 0 Å². The molecule has 14 heteroatoms. The molecule has 4 saturated carbocycles. The van der Waals surface area contributed by atoms with Crippen molar-refractivity contribution >= 4 is 23.6 Å². The van der Waals surface area contributed by atoms with E-state index in [4.69, 9.17) is 23.7 Å². The quantitative estimate of drug-likeness (QED) is 0.0398. The Kier molecular flexibility index (Phi) is 12.9. The predicted octanol–water partition coefficient (Wildman–Crippen LogP) is 10.1. The fourth-order valence-corrected chi connectivity index (χ4v) is 17.9. The third kappa shape index (κ3) is 7.69. The molecule has 8 atom stereocenters. The average molecular weight is 1060 g/mol. The lowest BCUT2D eigenvalue weighted by molar-refractivity contribution is -0.171. The van der Waals surface area contributed by atoms with Gasteiger partial charge in [-0.25, -0.2) is 0 Å². The summed E-state index contributed by atoms with van der Waals surface area (Å²) in [4.78, 5) is 30.6. The SMILES string of the molecule is CCNCOc1cc(OC)c2c3c1C(O)Nc1cc4c(c(c1-3)CC2)C(O)C(c1cc(OC)c(O)c(OCC(CO)C23CCC5(CCCC5)C(C5(N6C(=O)C=CC6=O)CCCC6(CCCC6)C5)C2C=Cc2ccccc23)c1)CO4. The first-order valence-electron chi connectivity index (χ1n) is 28.9. The van der Waals surface area contributed by atoms with Crippen molar-refractivity contribution in [2.45, 2.75) is 139 Å². The van der Waals surface area contributed by atoms with E-state index in [0.717, 1.165) is 110 Å². The molecule has 6 N–H and O–H groups in total. The molecule has 3 heterocycles. The molecule has 0 saturated heterocycles. The maximum absolute atomic E-state index is 14.4. The fraction of sp³-hybridized carbons (Fsp3) is 0.531. The number of aromatic hydroxyl groups is 1. The van der Waals surface area contributed by atoms with Crippen LogP contribution in [0.4, 0.5) is 5.69 Å². The number of aliphatic hydroxyl groups excluding tert-OH is 3. The minimum absolute atomic E-state index is 0.0439. The first-order valence-corrected chi connectivity index (χ1v) is 28.9. The van der Waals surface area contributed by atoms with Gasteiger partial charge in [0.25, 0.3) is 11.8 Å². The van der Waals surface area contributed by atoms with Crippen LogP contribution in [-0.2, 0) is 27.8 Å². The van der Waals surface area contributed by atoms with Crippen LogP contribution < -0.4 is 34.3 Å². The number of ether oxygens (including phenoxy) is 5. The van der Waals surface area contributed by atoms with Gasteiger partial charge in [0, 0.05) is 69.5 Å². The summed E-state index contributed by atoms with van der Waals surface area (Å²) in [5.74, 6) is 0.183. The Bertz CT molecular complexity index is 3100. The smallest absolute Gasteiger partial charge is 0.254 e. The van der Waals surface area contributed by atoms with Crippen molar-refractivity contribution in [1.29, 1.82) is 0 Å². The molecule has 6 aliphatic carbocycles. The number of hydrogen-bond donors (Lipinski definition) is 6. The number of phenolic OH excluding ortho intramolecular Hbond substituents is 1. The second-order valence-electron chi connectivity index (χ2n) is 24.3. The van der Waals surface area contributed by atoms with Gasteiger partial charge >= 0.3 is 0 Å². The van der Waals surface area contributed by atoms with Crippen molar-refractivity contribution in [1.82, 2.24) is 10.2 Å². The molecule has 2 spiro atoms. The van der Waals surface area contributed by atoms with Crippen molar-refractivity contribution < 1.29 is 53.7 Å². The number of fused-ring (bicyclic) bond motifs is 5. The van der Waals surface area contributed by atoms with Gasteiger partial charge in [-0.2, -0.15) is 0 Å². The van der Waals surface area contributed by atoms with Gasteiger partial charge in [-0.3, -0.25) is 19.8 Å². The molecule has 4 fully saturated rings. The molecule has 4 aromatic rings. The number of allylic oxidation sites excluding steroid dienone is 1. The van der Waals surface area contributed by atoms with Crippen molar-refractivity contribution in [3.63, 3.8) is 0 Å². The maximum atomic E-state index is 14.4. The largest absolute Gasteiger partial charge is 0.502 e. The molecule has 2 amide bonds. The van der Waals surface area contributed by atoms with E-state index in [0.29, 0.717) is 59.0 Å². The van der Waals surface area contributed by atoms with Gasteiger partial charge in [-0.05, 0) is 134 Å². The van der Waals surface area contributed by atoms with Crippen LogP contribution in [0.15, 0.2) is 66.8 Å². The number of aliphatic hydroxyl groups is 3. The monoisotopic (exact) mass is 1060 g/mol. The topological polar surface area (TPSA) is 189 Å². The van der Waals surface area contributed by atoms with Crippen LogP contribution in [0.5, 0.6) is 34.5 Å². The molecule has 0 bridgehead atoms. The fourth-order valence-electron chi connectivity index (χ4n) is 17.9. The number of nitrogens with zero attached hydrogens (tertiary/aromatic N) is 1. The second-order valence-corrected chi connectivity index (χ2v) is 24.3. The Morgan fingerprint density at radius 2 is 1.53 bits per heavy atom. The summed E-state index contributed by atoms with van der Waals surface area (Å²) < 4.78 is 31.5. The summed E-state index contributed by atoms with van der Waals surface area (Å²) in [7, 11) is 3.14. The summed E-state index contributed by atoms with van der Waals surface area (Å²) in [6.07, 6.45) is 20.9. The lowest BCUT2D eigenvalue weighted by Gasteiger charge is -2.67. The van der Waals surface area contributed by atoms with Crippen molar-refractivity contribution in [2.75, 3.05) is 52.6 Å². The first kappa shape index (κ1) is 51.4. The highest BCUT2D eigenvalue weighted by Gasteiger charge is 2.69. The van der Waals surface area contributed by atoms with Crippen LogP contribution in [0.25, 0.3) is 17.2 Å². The summed E-state index contributed by atoms with van der Waals surface area (Å²) in [6.45, 7) is 2.90. The van der Waals surface area contributed by atoms with Gasteiger partial charge < -0.3 is 49.4 Å². The molecule has 3 aliphatic heterocycles. The highest BCUT2D eigenvalue weighted by Crippen LogP contribution is 2.71. The van der Waals surface area contributed by atoms with E-state index in [9.17, 15) is 30.0 Å². The van der Waals surface area contributed by atoms with Gasteiger partial charge in [-0.15, -0.1) is 0 Å². The van der Waals surface area contributed by atoms with Crippen LogP contribution >= 0.6 is 0 Å². The van der Waals surface area contributed by atoms with E-state index < -0.39 is 35.1 Å². The zero-order chi connectivity index (χ0) is 53.7. The lowest BCUT2D eigenvalue weighted by atomic mass is 9.40. The lowest BCUT2D eigenvalue weighted by Crippen LogP contribution is -2.69. The number of methoxy groups -OCH3 is 2. The molecule has 4 aromatic carbocycles. The summed E-state index contributed by atoms with van der Waals surface area (Å²) >= 11 is 0. The Balaban J connectivity index is 0.871. The normalized spacial score (nSPS) is 28.8. The van der Waals surface area contributed by atoms with Crippen LogP contribution in [0.2, 0.25) is 0 Å². The second kappa shape index (κ2) is 19.6. The molecule has 78 heavy (non-hydrogen) atoms. The minimum Gasteiger partial charge on any atom is -0.502 e. The van der Waals surface area contributed by atoms with Crippen LogP contribution in [0.1, 0.15) is 154 Å². The van der Waals surface area contributed by atoms with Gasteiger partial charge in [0.05, 0.1) is 51.2 Å². The van der Waals surface area contributed by atoms with Crippen molar-refractivity contribution in [2.24, 2.45) is 28.6 Å². The van der Waals surface area contributed by atoms with Crippen molar-refractivity contribution in [3.05, 3.63) is 106 Å². The van der Waals surface area contributed by atoms with E-state index in [1.807, 2.05) is 19.1 Å². The number of nitrogens with one attached hydrogen (secondary N) is 2. The van der Waals surface area contributed by atoms with Crippen LogP contribution in [0.3, 0.4) is 0 Å². The molecule has 8 unspecified atom stereocenters. The Morgan fingerprint density at radius 1 is 0.795 bits per heavy atom. The highest BCUT2D eigenvalue weighted by atomic mass is 16.5. The van der Waals surface area contributed by atoms with E-state index in [2.05, 4.69) is 47.1 Å². The number of carbonyl (C=O) groups excluding carboxylic acids is 2. The van der Waals surface area contributed by atoms with Gasteiger partial charge in [0.1, 0.15) is 24.0 Å². The molecule has 0 radical (unpaired) electrons. The van der Waals surface area contributed by atoms with Crippen molar-refractivity contribution in [3.8, 4) is 45.6 Å². The molecular formula is C64H75N3O11. The summed E-state index contributed by atoms with van der Waals surface area (Å²) in [5.41, 5.74) is 7.04. The molecule has 9 aliphatic rings. The number of carbonyl (C=O) groups is 2.